The van der Waals surface area contributed by atoms with E-state index in [1.54, 1.807) is 36.4 Å². The van der Waals surface area contributed by atoms with Crippen LogP contribution in [0.25, 0.3) is 0 Å². The van der Waals surface area contributed by atoms with E-state index in [1.807, 2.05) is 6.92 Å². The maximum atomic E-state index is 13.8. The van der Waals surface area contributed by atoms with Crippen LogP contribution in [0.3, 0.4) is 0 Å². The standard InChI is InChI=1S/C16H15BrFNO2/c1-10(14-9-12(17)5-8-15(14)18)19-13-6-3-11(4-7-13)16(20)21-2/h3-10,19H,1-2H3. The molecule has 1 N–H and O–H groups in total. The number of rotatable bonds is 4. The smallest absolute Gasteiger partial charge is 0.337 e. The van der Waals surface area contributed by atoms with Gasteiger partial charge >= 0.3 is 5.97 Å². The molecule has 0 bridgehead atoms. The molecule has 2 rings (SSSR count). The van der Waals surface area contributed by atoms with Gasteiger partial charge in [0, 0.05) is 15.7 Å². The number of nitrogens with one attached hydrogen (secondary N) is 1. The average molecular weight is 352 g/mol. The van der Waals surface area contributed by atoms with Gasteiger partial charge in [-0.2, -0.15) is 0 Å². The quantitative estimate of drug-likeness (QED) is 0.821. The number of methoxy groups -OCH3 is 1. The highest BCUT2D eigenvalue weighted by Crippen LogP contribution is 2.25. The molecule has 110 valence electrons. The number of halogens is 2. The van der Waals surface area contributed by atoms with E-state index in [9.17, 15) is 9.18 Å². The van der Waals surface area contributed by atoms with E-state index in [1.165, 1.54) is 13.2 Å². The van der Waals surface area contributed by atoms with Crippen LogP contribution in [0.5, 0.6) is 0 Å². The third-order valence-electron chi connectivity index (χ3n) is 3.11. The predicted octanol–water partition coefficient (Wildman–Crippen LogP) is 4.55. The molecule has 0 amide bonds. The fourth-order valence-electron chi connectivity index (χ4n) is 1.99. The lowest BCUT2D eigenvalue weighted by molar-refractivity contribution is 0.0601. The summed E-state index contributed by atoms with van der Waals surface area (Å²) in [6.45, 7) is 1.87. The van der Waals surface area contributed by atoms with Gasteiger partial charge in [-0.15, -0.1) is 0 Å². The first-order chi connectivity index (χ1) is 10.0. The zero-order valence-corrected chi connectivity index (χ0v) is 13.3. The molecule has 1 atom stereocenters. The Morgan fingerprint density at radius 2 is 1.90 bits per heavy atom. The Bertz CT molecular complexity index is 643. The largest absolute Gasteiger partial charge is 0.465 e. The van der Waals surface area contributed by atoms with Crippen LogP contribution < -0.4 is 5.32 Å². The first-order valence-corrected chi connectivity index (χ1v) is 7.20. The highest BCUT2D eigenvalue weighted by molar-refractivity contribution is 9.10. The van der Waals surface area contributed by atoms with E-state index in [0.717, 1.165) is 10.2 Å². The van der Waals surface area contributed by atoms with E-state index in [0.29, 0.717) is 11.1 Å². The van der Waals surface area contributed by atoms with Gasteiger partial charge in [0.2, 0.25) is 0 Å². The predicted molar refractivity (Wildman–Crippen MR) is 83.9 cm³/mol. The molecule has 0 aliphatic carbocycles. The van der Waals surface area contributed by atoms with Crippen LogP contribution >= 0.6 is 15.9 Å². The first kappa shape index (κ1) is 15.5. The SMILES string of the molecule is COC(=O)c1ccc(NC(C)c2cc(Br)ccc2F)cc1. The van der Waals surface area contributed by atoms with Crippen LogP contribution in [0.15, 0.2) is 46.9 Å². The lowest BCUT2D eigenvalue weighted by Crippen LogP contribution is -2.09. The van der Waals surface area contributed by atoms with Crippen molar-refractivity contribution in [2.24, 2.45) is 0 Å². The van der Waals surface area contributed by atoms with Gasteiger partial charge in [0.25, 0.3) is 0 Å². The average Bonchev–Trinajstić information content (AvgIpc) is 2.49. The van der Waals surface area contributed by atoms with Crippen molar-refractivity contribution in [2.75, 3.05) is 12.4 Å². The van der Waals surface area contributed by atoms with Crippen molar-refractivity contribution in [3.63, 3.8) is 0 Å². The van der Waals surface area contributed by atoms with E-state index in [4.69, 9.17) is 0 Å². The molecule has 0 radical (unpaired) electrons. The summed E-state index contributed by atoms with van der Waals surface area (Å²) >= 11 is 3.34. The second-order valence-electron chi connectivity index (χ2n) is 4.60. The Hall–Kier alpha value is -1.88. The molecule has 0 aliphatic rings. The molecule has 1 unspecified atom stereocenters. The Labute approximate surface area is 131 Å². The third kappa shape index (κ3) is 3.82. The molecular formula is C16H15BrFNO2. The molecule has 0 fully saturated rings. The lowest BCUT2D eigenvalue weighted by atomic mass is 10.1. The zero-order valence-electron chi connectivity index (χ0n) is 11.7. The van der Waals surface area contributed by atoms with Crippen LogP contribution in [0.1, 0.15) is 28.9 Å². The van der Waals surface area contributed by atoms with Crippen molar-refractivity contribution in [2.45, 2.75) is 13.0 Å². The van der Waals surface area contributed by atoms with Crippen LogP contribution in [0, 0.1) is 5.82 Å². The van der Waals surface area contributed by atoms with E-state index < -0.39 is 0 Å². The molecule has 2 aromatic carbocycles. The Morgan fingerprint density at radius 3 is 2.52 bits per heavy atom. The van der Waals surface area contributed by atoms with Gasteiger partial charge in [-0.3, -0.25) is 0 Å². The van der Waals surface area contributed by atoms with E-state index >= 15 is 0 Å². The van der Waals surface area contributed by atoms with Gasteiger partial charge in [0.05, 0.1) is 18.7 Å². The minimum absolute atomic E-state index is 0.202. The normalized spacial score (nSPS) is 11.8. The molecule has 0 aromatic heterocycles. The molecule has 0 saturated carbocycles. The molecule has 2 aromatic rings. The monoisotopic (exact) mass is 351 g/mol. The highest BCUT2D eigenvalue weighted by Gasteiger charge is 2.12. The van der Waals surface area contributed by atoms with E-state index in [2.05, 4.69) is 26.0 Å². The van der Waals surface area contributed by atoms with Gasteiger partial charge in [-0.05, 0) is 49.4 Å². The molecule has 21 heavy (non-hydrogen) atoms. The number of ether oxygens (including phenoxy) is 1. The van der Waals surface area contributed by atoms with Crippen LogP contribution in [-0.4, -0.2) is 13.1 Å². The minimum atomic E-state index is -0.382. The third-order valence-corrected chi connectivity index (χ3v) is 3.61. The summed E-state index contributed by atoms with van der Waals surface area (Å²) in [6, 6.07) is 11.5. The summed E-state index contributed by atoms with van der Waals surface area (Å²) in [7, 11) is 1.34. The molecular weight excluding hydrogens is 337 g/mol. The molecule has 5 heteroatoms. The Kier molecular flexibility index (Phi) is 4.96. The van der Waals surface area contributed by atoms with E-state index in [-0.39, 0.29) is 17.8 Å². The summed E-state index contributed by atoms with van der Waals surface area (Å²) < 4.78 is 19.3. The van der Waals surface area contributed by atoms with Gasteiger partial charge in [0.15, 0.2) is 0 Å². The molecule has 0 saturated heterocycles. The number of benzene rings is 2. The topological polar surface area (TPSA) is 38.3 Å². The van der Waals surface area contributed by atoms with Gasteiger partial charge in [0.1, 0.15) is 5.82 Å². The van der Waals surface area contributed by atoms with Crippen molar-refractivity contribution >= 4 is 27.6 Å². The lowest BCUT2D eigenvalue weighted by Gasteiger charge is -2.17. The number of hydrogen-bond donors (Lipinski definition) is 1. The summed E-state index contributed by atoms with van der Waals surface area (Å²) in [5.74, 6) is -0.642. The summed E-state index contributed by atoms with van der Waals surface area (Å²) in [5.41, 5.74) is 1.85. The zero-order chi connectivity index (χ0) is 15.4. The molecule has 3 nitrogen and oxygen atoms in total. The maximum Gasteiger partial charge on any atom is 0.337 e. The molecule has 0 spiro atoms. The highest BCUT2D eigenvalue weighted by atomic mass is 79.9. The minimum Gasteiger partial charge on any atom is -0.465 e. The number of hydrogen-bond acceptors (Lipinski definition) is 3. The van der Waals surface area contributed by atoms with Crippen molar-refractivity contribution < 1.29 is 13.9 Å². The number of carbonyl (C=O) groups excluding carboxylic acids is 1. The molecule has 0 heterocycles. The Morgan fingerprint density at radius 1 is 1.24 bits per heavy atom. The van der Waals surface area contributed by atoms with Crippen molar-refractivity contribution in [3.8, 4) is 0 Å². The fourth-order valence-corrected chi connectivity index (χ4v) is 2.37. The maximum absolute atomic E-state index is 13.8. The Balaban J connectivity index is 2.14. The summed E-state index contributed by atoms with van der Waals surface area (Å²) in [4.78, 5) is 11.4. The van der Waals surface area contributed by atoms with Gasteiger partial charge < -0.3 is 10.1 Å². The first-order valence-electron chi connectivity index (χ1n) is 6.41. The second kappa shape index (κ2) is 6.72. The van der Waals surface area contributed by atoms with Crippen molar-refractivity contribution in [3.05, 3.63) is 63.9 Å². The second-order valence-corrected chi connectivity index (χ2v) is 5.52. The van der Waals surface area contributed by atoms with Gasteiger partial charge in [-0.25, -0.2) is 9.18 Å². The molecule has 0 aliphatic heterocycles. The van der Waals surface area contributed by atoms with Crippen LogP contribution in [-0.2, 0) is 4.74 Å². The van der Waals surface area contributed by atoms with Crippen LogP contribution in [0.2, 0.25) is 0 Å². The number of anilines is 1. The summed E-state index contributed by atoms with van der Waals surface area (Å²) in [6.07, 6.45) is 0. The van der Waals surface area contributed by atoms with Gasteiger partial charge in [-0.1, -0.05) is 15.9 Å². The van der Waals surface area contributed by atoms with Crippen molar-refractivity contribution in [1.29, 1.82) is 0 Å². The fraction of sp³-hybridized carbons (Fsp3) is 0.188. The number of carbonyl (C=O) groups is 1. The summed E-state index contributed by atoms with van der Waals surface area (Å²) in [5, 5.41) is 3.20. The van der Waals surface area contributed by atoms with Crippen LogP contribution in [0.4, 0.5) is 10.1 Å². The van der Waals surface area contributed by atoms with Crippen molar-refractivity contribution in [1.82, 2.24) is 0 Å². The number of esters is 1.